The molecule has 8 nitrogen and oxygen atoms in total. The number of para-hydroxylation sites is 2. The van der Waals surface area contributed by atoms with Gasteiger partial charge in [0.25, 0.3) is 5.91 Å². The Morgan fingerprint density at radius 2 is 1.82 bits per heavy atom. The van der Waals surface area contributed by atoms with Crippen molar-refractivity contribution in [2.24, 2.45) is 0 Å². The molecule has 0 radical (unpaired) electrons. The van der Waals surface area contributed by atoms with Crippen LogP contribution in [-0.2, 0) is 14.3 Å². The molecule has 1 N–H and O–H groups in total. The lowest BCUT2D eigenvalue weighted by atomic mass is 10.2. The van der Waals surface area contributed by atoms with E-state index in [-0.39, 0.29) is 30.9 Å². The number of hydrogen-bond acceptors (Lipinski definition) is 6. The van der Waals surface area contributed by atoms with Gasteiger partial charge >= 0.3 is 5.97 Å². The molecule has 0 unspecified atom stereocenters. The lowest BCUT2D eigenvalue weighted by Gasteiger charge is -2.22. The third-order valence-electron chi connectivity index (χ3n) is 5.42. The van der Waals surface area contributed by atoms with Gasteiger partial charge in [-0.1, -0.05) is 31.5 Å². The molecule has 1 fully saturated rings. The van der Waals surface area contributed by atoms with E-state index < -0.39 is 5.97 Å². The summed E-state index contributed by atoms with van der Waals surface area (Å²) in [6, 6.07) is 13.9. The maximum absolute atomic E-state index is 12.8. The quantitative estimate of drug-likeness (QED) is 0.352. The smallest absolute Gasteiger partial charge is 0.338 e. The third-order valence-corrected chi connectivity index (χ3v) is 5.42. The third kappa shape index (κ3) is 7.50. The Morgan fingerprint density at radius 3 is 2.53 bits per heavy atom. The Kier molecular flexibility index (Phi) is 9.31. The highest BCUT2D eigenvalue weighted by Gasteiger charge is 2.32. The summed E-state index contributed by atoms with van der Waals surface area (Å²) in [6.45, 7) is 2.57. The van der Waals surface area contributed by atoms with Crippen molar-refractivity contribution in [3.63, 3.8) is 0 Å². The van der Waals surface area contributed by atoms with Gasteiger partial charge in [-0.25, -0.2) is 4.79 Å². The summed E-state index contributed by atoms with van der Waals surface area (Å²) in [6.07, 6.45) is 3.73. The van der Waals surface area contributed by atoms with E-state index >= 15 is 0 Å². The van der Waals surface area contributed by atoms with Gasteiger partial charge in [-0.3, -0.25) is 9.59 Å². The lowest BCUT2D eigenvalue weighted by Crippen LogP contribution is -2.38. The van der Waals surface area contributed by atoms with Crippen LogP contribution in [0.3, 0.4) is 0 Å². The zero-order valence-corrected chi connectivity index (χ0v) is 19.7. The van der Waals surface area contributed by atoms with E-state index in [9.17, 15) is 14.4 Å². The van der Waals surface area contributed by atoms with Gasteiger partial charge in [0.2, 0.25) is 5.91 Å². The molecule has 0 aromatic heterocycles. The molecular formula is C26H32N2O6. The number of benzene rings is 2. The van der Waals surface area contributed by atoms with Crippen LogP contribution in [0.5, 0.6) is 11.5 Å². The fraction of sp³-hybridized carbons (Fsp3) is 0.423. The van der Waals surface area contributed by atoms with E-state index in [0.29, 0.717) is 35.9 Å². The number of nitrogens with one attached hydrogen (secondary N) is 1. The molecule has 1 aliphatic rings. The molecule has 1 saturated carbocycles. The van der Waals surface area contributed by atoms with Gasteiger partial charge in [0.05, 0.1) is 19.3 Å². The molecule has 1 aliphatic carbocycles. The second-order valence-electron chi connectivity index (χ2n) is 8.13. The predicted molar refractivity (Wildman–Crippen MR) is 128 cm³/mol. The van der Waals surface area contributed by atoms with Crippen LogP contribution < -0.4 is 14.8 Å². The first-order valence-corrected chi connectivity index (χ1v) is 11.6. The molecule has 0 aliphatic heterocycles. The molecule has 0 saturated heterocycles. The SMILES string of the molecule is CCCCOC(=O)c1cccc(NC(=O)CCN(C(=O)COc2ccccc2OC)C2CC2)c1. The average Bonchev–Trinajstić information content (AvgIpc) is 3.68. The van der Waals surface area contributed by atoms with Crippen LogP contribution in [0.25, 0.3) is 0 Å². The monoisotopic (exact) mass is 468 g/mol. The van der Waals surface area contributed by atoms with Gasteiger partial charge in [-0.15, -0.1) is 0 Å². The number of amides is 2. The maximum atomic E-state index is 12.8. The maximum Gasteiger partial charge on any atom is 0.338 e. The van der Waals surface area contributed by atoms with Gasteiger partial charge in [0.1, 0.15) is 0 Å². The highest BCUT2D eigenvalue weighted by Crippen LogP contribution is 2.29. The van der Waals surface area contributed by atoms with Crippen molar-refractivity contribution in [2.75, 3.05) is 32.2 Å². The van der Waals surface area contributed by atoms with Crippen molar-refractivity contribution in [2.45, 2.75) is 45.1 Å². The standard InChI is InChI=1S/C26H32N2O6/c1-3-4-16-33-26(31)19-8-7-9-20(17-19)27-24(29)14-15-28(21-12-13-21)25(30)18-34-23-11-6-5-10-22(23)32-2/h5-11,17,21H,3-4,12-16,18H2,1-2H3,(H,27,29). The van der Waals surface area contributed by atoms with Crippen LogP contribution in [0.2, 0.25) is 0 Å². The number of methoxy groups -OCH3 is 1. The zero-order valence-electron chi connectivity index (χ0n) is 19.7. The number of carbonyl (C=O) groups excluding carboxylic acids is 3. The first kappa shape index (κ1) is 25.1. The Bertz CT molecular complexity index is 989. The topological polar surface area (TPSA) is 94.2 Å². The van der Waals surface area contributed by atoms with Crippen LogP contribution >= 0.6 is 0 Å². The van der Waals surface area contributed by atoms with Gasteiger partial charge in [0, 0.05) is 24.7 Å². The molecule has 0 atom stereocenters. The number of nitrogens with zero attached hydrogens (tertiary/aromatic N) is 1. The minimum Gasteiger partial charge on any atom is -0.493 e. The van der Waals surface area contributed by atoms with E-state index in [4.69, 9.17) is 14.2 Å². The number of unbranched alkanes of at least 4 members (excludes halogenated alkanes) is 1. The highest BCUT2D eigenvalue weighted by molar-refractivity contribution is 5.94. The van der Waals surface area contributed by atoms with Gasteiger partial charge in [-0.2, -0.15) is 0 Å². The lowest BCUT2D eigenvalue weighted by molar-refractivity contribution is -0.134. The van der Waals surface area contributed by atoms with Gasteiger partial charge < -0.3 is 24.4 Å². The Balaban J connectivity index is 1.50. The van der Waals surface area contributed by atoms with E-state index in [1.807, 2.05) is 19.1 Å². The first-order chi connectivity index (χ1) is 16.5. The number of anilines is 1. The van der Waals surface area contributed by atoms with Crippen molar-refractivity contribution in [1.82, 2.24) is 4.90 Å². The molecule has 0 bridgehead atoms. The molecule has 2 aromatic rings. The van der Waals surface area contributed by atoms with Crippen LogP contribution in [0.1, 0.15) is 49.4 Å². The summed E-state index contributed by atoms with van der Waals surface area (Å²) >= 11 is 0. The van der Waals surface area contributed by atoms with Crippen molar-refractivity contribution in [1.29, 1.82) is 0 Å². The van der Waals surface area contributed by atoms with Gasteiger partial charge in [0.15, 0.2) is 18.1 Å². The highest BCUT2D eigenvalue weighted by atomic mass is 16.5. The van der Waals surface area contributed by atoms with Crippen LogP contribution in [-0.4, -0.2) is 55.6 Å². The molecule has 2 amide bonds. The number of carbonyl (C=O) groups is 3. The summed E-state index contributed by atoms with van der Waals surface area (Å²) in [5.74, 6) is 0.243. The fourth-order valence-electron chi connectivity index (χ4n) is 3.42. The van der Waals surface area contributed by atoms with Crippen LogP contribution in [0.15, 0.2) is 48.5 Å². The predicted octanol–water partition coefficient (Wildman–Crippen LogP) is 4.05. The summed E-state index contributed by atoms with van der Waals surface area (Å²) < 4.78 is 16.1. The fourth-order valence-corrected chi connectivity index (χ4v) is 3.42. The summed E-state index contributed by atoms with van der Waals surface area (Å²) in [4.78, 5) is 39.1. The number of esters is 1. The summed E-state index contributed by atoms with van der Waals surface area (Å²) in [5, 5.41) is 2.80. The Labute approximate surface area is 200 Å². The average molecular weight is 469 g/mol. The first-order valence-electron chi connectivity index (χ1n) is 11.6. The largest absolute Gasteiger partial charge is 0.493 e. The van der Waals surface area contributed by atoms with Crippen molar-refractivity contribution < 1.29 is 28.6 Å². The molecule has 2 aromatic carbocycles. The molecule has 182 valence electrons. The normalized spacial score (nSPS) is 12.5. The van der Waals surface area contributed by atoms with Crippen molar-refractivity contribution >= 4 is 23.5 Å². The van der Waals surface area contributed by atoms with Crippen LogP contribution in [0, 0.1) is 0 Å². The molecule has 0 heterocycles. The molecule has 34 heavy (non-hydrogen) atoms. The number of rotatable bonds is 13. The van der Waals surface area contributed by atoms with Gasteiger partial charge in [-0.05, 0) is 49.6 Å². The van der Waals surface area contributed by atoms with E-state index in [0.717, 1.165) is 25.7 Å². The summed E-state index contributed by atoms with van der Waals surface area (Å²) in [5.41, 5.74) is 0.899. The molecule has 8 heteroatoms. The van der Waals surface area contributed by atoms with E-state index in [1.165, 1.54) is 0 Å². The number of hydrogen-bond donors (Lipinski definition) is 1. The minimum absolute atomic E-state index is 0.124. The Hall–Kier alpha value is -3.55. The second kappa shape index (κ2) is 12.6. The van der Waals surface area contributed by atoms with E-state index in [2.05, 4.69) is 5.32 Å². The Morgan fingerprint density at radius 1 is 1.06 bits per heavy atom. The second-order valence-corrected chi connectivity index (χ2v) is 8.13. The molecular weight excluding hydrogens is 436 g/mol. The number of ether oxygens (including phenoxy) is 3. The summed E-state index contributed by atoms with van der Waals surface area (Å²) in [7, 11) is 1.55. The van der Waals surface area contributed by atoms with E-state index in [1.54, 1.807) is 48.4 Å². The van der Waals surface area contributed by atoms with Crippen LogP contribution in [0.4, 0.5) is 5.69 Å². The van der Waals surface area contributed by atoms with Crippen molar-refractivity contribution in [3.8, 4) is 11.5 Å². The molecule has 0 spiro atoms. The molecule has 3 rings (SSSR count). The van der Waals surface area contributed by atoms with Crippen molar-refractivity contribution in [3.05, 3.63) is 54.1 Å². The minimum atomic E-state index is -0.412. The zero-order chi connectivity index (χ0) is 24.3.